The number of amides is 1. The molecule has 0 bridgehead atoms. The minimum absolute atomic E-state index is 0.0233. The highest BCUT2D eigenvalue weighted by atomic mass is 32.2. The topological polar surface area (TPSA) is 66.5 Å². The molecular formula is C15H20F2N2O3S. The van der Waals surface area contributed by atoms with E-state index in [0.29, 0.717) is 18.7 Å². The van der Waals surface area contributed by atoms with E-state index in [1.54, 1.807) is 13.8 Å². The number of sulfone groups is 1. The van der Waals surface area contributed by atoms with Gasteiger partial charge in [-0.3, -0.25) is 4.79 Å². The molecule has 2 atom stereocenters. The molecule has 23 heavy (non-hydrogen) atoms. The van der Waals surface area contributed by atoms with Crippen LogP contribution in [0, 0.1) is 11.6 Å². The second kappa shape index (κ2) is 6.82. The van der Waals surface area contributed by atoms with Gasteiger partial charge in [-0.1, -0.05) is 0 Å². The Hall–Kier alpha value is -1.70. The average molecular weight is 346 g/mol. The molecule has 0 radical (unpaired) electrons. The maximum atomic E-state index is 13.2. The fraction of sp³-hybridized carbons (Fsp3) is 0.533. The number of nitrogens with one attached hydrogen (secondary N) is 1. The first-order chi connectivity index (χ1) is 10.7. The average Bonchev–Trinajstić information content (AvgIpc) is 2.83. The number of hydrogen-bond acceptors (Lipinski definition) is 4. The Morgan fingerprint density at radius 2 is 2.09 bits per heavy atom. The molecule has 1 N–H and O–H groups in total. The lowest BCUT2D eigenvalue weighted by molar-refractivity contribution is -0.133. The van der Waals surface area contributed by atoms with Crippen LogP contribution < -0.4 is 5.32 Å². The molecule has 0 saturated carbocycles. The van der Waals surface area contributed by atoms with Gasteiger partial charge in [-0.05, 0) is 32.4 Å². The zero-order chi connectivity index (χ0) is 17.2. The summed E-state index contributed by atoms with van der Waals surface area (Å²) in [5.74, 6) is -2.15. The molecule has 2 unspecified atom stereocenters. The molecule has 1 amide bonds. The second-order valence-corrected chi connectivity index (χ2v) is 7.90. The first-order valence-corrected chi connectivity index (χ1v) is 9.28. The van der Waals surface area contributed by atoms with Crippen LogP contribution in [-0.2, 0) is 14.6 Å². The predicted molar refractivity (Wildman–Crippen MR) is 83.9 cm³/mol. The van der Waals surface area contributed by atoms with E-state index < -0.39 is 27.5 Å². The van der Waals surface area contributed by atoms with E-state index in [1.807, 2.05) is 0 Å². The third-order valence-corrected chi connectivity index (χ3v) is 5.70. The Morgan fingerprint density at radius 3 is 2.61 bits per heavy atom. The molecule has 8 heteroatoms. The number of carbonyl (C=O) groups excluding carboxylic acids is 1. The van der Waals surface area contributed by atoms with Crippen LogP contribution >= 0.6 is 0 Å². The van der Waals surface area contributed by atoms with Gasteiger partial charge >= 0.3 is 0 Å². The fourth-order valence-electron chi connectivity index (χ4n) is 2.76. The molecule has 1 heterocycles. The van der Waals surface area contributed by atoms with Crippen LogP contribution in [0.4, 0.5) is 14.5 Å². The van der Waals surface area contributed by atoms with E-state index in [2.05, 4.69) is 5.32 Å². The van der Waals surface area contributed by atoms with Gasteiger partial charge in [0.1, 0.15) is 6.04 Å². The quantitative estimate of drug-likeness (QED) is 0.883. The summed E-state index contributed by atoms with van der Waals surface area (Å²) in [5, 5.41) is 2.82. The van der Waals surface area contributed by atoms with Crippen molar-refractivity contribution < 1.29 is 22.0 Å². The second-order valence-electron chi connectivity index (χ2n) is 5.68. The summed E-state index contributed by atoms with van der Waals surface area (Å²) in [6.07, 6.45) is 0.430. The van der Waals surface area contributed by atoms with Crippen LogP contribution in [0.25, 0.3) is 0 Å². The van der Waals surface area contributed by atoms with Gasteiger partial charge in [0.05, 0.1) is 11.5 Å². The van der Waals surface area contributed by atoms with E-state index in [1.165, 1.54) is 11.0 Å². The number of hydrogen-bond donors (Lipinski definition) is 1. The lowest BCUT2D eigenvalue weighted by atomic mass is 10.1. The Bertz CT molecular complexity index is 694. The van der Waals surface area contributed by atoms with Crippen LogP contribution in [0.3, 0.4) is 0 Å². The van der Waals surface area contributed by atoms with Crippen molar-refractivity contribution in [3.8, 4) is 0 Å². The molecule has 0 aromatic heterocycles. The van der Waals surface area contributed by atoms with Crippen LogP contribution in [0.5, 0.6) is 0 Å². The zero-order valence-electron chi connectivity index (χ0n) is 13.1. The molecule has 0 spiro atoms. The van der Waals surface area contributed by atoms with Crippen LogP contribution in [0.1, 0.15) is 20.3 Å². The number of halogens is 2. The Labute approximate surface area is 134 Å². The normalized spacial score (nSPS) is 21.0. The van der Waals surface area contributed by atoms with Crippen molar-refractivity contribution in [2.75, 3.05) is 23.4 Å². The predicted octanol–water partition coefficient (Wildman–Crippen LogP) is 1.80. The van der Waals surface area contributed by atoms with Crippen molar-refractivity contribution in [1.29, 1.82) is 0 Å². The Kier molecular flexibility index (Phi) is 5.23. The highest BCUT2D eigenvalue weighted by Gasteiger charge is 2.35. The maximum absolute atomic E-state index is 13.2. The highest BCUT2D eigenvalue weighted by molar-refractivity contribution is 7.91. The smallest absolute Gasteiger partial charge is 0.245 e. The third kappa shape index (κ3) is 4.19. The molecular weight excluding hydrogens is 326 g/mol. The van der Waals surface area contributed by atoms with E-state index in [-0.39, 0.29) is 23.5 Å². The van der Waals surface area contributed by atoms with Crippen LogP contribution in [0.15, 0.2) is 18.2 Å². The number of likely N-dealkylation sites (N-methyl/N-ethyl adjacent to an activating group) is 1. The molecule has 1 aromatic rings. The van der Waals surface area contributed by atoms with E-state index in [0.717, 1.165) is 12.1 Å². The first kappa shape index (κ1) is 17.7. The summed E-state index contributed by atoms with van der Waals surface area (Å²) in [7, 11) is -3.08. The van der Waals surface area contributed by atoms with E-state index >= 15 is 0 Å². The van der Waals surface area contributed by atoms with Gasteiger partial charge in [0, 0.05) is 24.3 Å². The van der Waals surface area contributed by atoms with Gasteiger partial charge in [-0.25, -0.2) is 17.2 Å². The van der Waals surface area contributed by atoms with Gasteiger partial charge in [0.15, 0.2) is 21.5 Å². The van der Waals surface area contributed by atoms with Gasteiger partial charge in [0.2, 0.25) is 5.91 Å². The van der Waals surface area contributed by atoms with Gasteiger partial charge in [-0.15, -0.1) is 0 Å². The lowest BCUT2D eigenvalue weighted by Gasteiger charge is -2.30. The number of carbonyl (C=O) groups is 1. The number of rotatable bonds is 5. The molecule has 1 aromatic carbocycles. The van der Waals surface area contributed by atoms with E-state index in [9.17, 15) is 22.0 Å². The van der Waals surface area contributed by atoms with Gasteiger partial charge in [-0.2, -0.15) is 0 Å². The van der Waals surface area contributed by atoms with Crippen molar-refractivity contribution >= 4 is 21.4 Å². The zero-order valence-corrected chi connectivity index (χ0v) is 13.9. The van der Waals surface area contributed by atoms with Crippen molar-refractivity contribution in [2.45, 2.75) is 32.4 Å². The molecule has 1 aliphatic rings. The minimum atomic E-state index is -3.08. The summed E-state index contributed by atoms with van der Waals surface area (Å²) >= 11 is 0. The summed E-state index contributed by atoms with van der Waals surface area (Å²) in [5.41, 5.74) is 0.292. The monoisotopic (exact) mass is 346 g/mol. The van der Waals surface area contributed by atoms with Crippen molar-refractivity contribution in [3.05, 3.63) is 29.8 Å². The Balaban J connectivity index is 2.06. The fourth-order valence-corrected chi connectivity index (χ4v) is 4.49. The van der Waals surface area contributed by atoms with Crippen LogP contribution in [-0.4, -0.2) is 49.4 Å². The molecule has 1 saturated heterocycles. The number of benzene rings is 1. The number of anilines is 1. The Morgan fingerprint density at radius 1 is 1.39 bits per heavy atom. The standard InChI is InChI=1S/C15H20F2N2O3S/c1-3-19(12-6-7-23(21,22)9-12)15(20)10(2)18-11-4-5-13(16)14(17)8-11/h4-5,8,10,12,18H,3,6-7,9H2,1-2H3. The lowest BCUT2D eigenvalue weighted by Crippen LogP contribution is -2.47. The van der Waals surface area contributed by atoms with Gasteiger partial charge < -0.3 is 10.2 Å². The highest BCUT2D eigenvalue weighted by Crippen LogP contribution is 2.20. The summed E-state index contributed by atoms with van der Waals surface area (Å²) in [4.78, 5) is 14.1. The van der Waals surface area contributed by atoms with Crippen molar-refractivity contribution in [3.63, 3.8) is 0 Å². The molecule has 1 fully saturated rings. The summed E-state index contributed by atoms with van der Waals surface area (Å²) < 4.78 is 49.3. The summed E-state index contributed by atoms with van der Waals surface area (Å²) in [6.45, 7) is 3.78. The molecule has 0 aliphatic carbocycles. The molecule has 2 rings (SSSR count). The first-order valence-electron chi connectivity index (χ1n) is 7.46. The molecule has 1 aliphatic heterocycles. The van der Waals surface area contributed by atoms with Crippen molar-refractivity contribution in [1.82, 2.24) is 4.90 Å². The van der Waals surface area contributed by atoms with Crippen LogP contribution in [0.2, 0.25) is 0 Å². The molecule has 5 nitrogen and oxygen atoms in total. The number of nitrogens with zero attached hydrogens (tertiary/aromatic N) is 1. The largest absolute Gasteiger partial charge is 0.374 e. The minimum Gasteiger partial charge on any atom is -0.374 e. The molecule has 128 valence electrons. The van der Waals surface area contributed by atoms with Crippen molar-refractivity contribution in [2.24, 2.45) is 0 Å². The van der Waals surface area contributed by atoms with E-state index in [4.69, 9.17) is 0 Å². The third-order valence-electron chi connectivity index (χ3n) is 3.95. The SMILES string of the molecule is CCN(C(=O)C(C)Nc1ccc(F)c(F)c1)C1CCS(=O)(=O)C1. The summed E-state index contributed by atoms with van der Waals surface area (Å²) in [6, 6.07) is 2.30. The maximum Gasteiger partial charge on any atom is 0.245 e. The van der Waals surface area contributed by atoms with Gasteiger partial charge in [0.25, 0.3) is 0 Å².